The molecule has 2 heterocycles. The predicted molar refractivity (Wildman–Crippen MR) is 76.9 cm³/mol. The van der Waals surface area contributed by atoms with Crippen LogP contribution in [0.3, 0.4) is 0 Å². The van der Waals surface area contributed by atoms with E-state index in [4.69, 9.17) is 0 Å². The molecule has 20 heavy (non-hydrogen) atoms. The van der Waals surface area contributed by atoms with Gasteiger partial charge >= 0.3 is 0 Å². The maximum absolute atomic E-state index is 11.9. The number of hydrogen-bond acceptors (Lipinski definition) is 4. The molecule has 5 heteroatoms. The second kappa shape index (κ2) is 4.74. The molecule has 3 aliphatic rings. The van der Waals surface area contributed by atoms with Gasteiger partial charge in [0, 0.05) is 31.2 Å². The van der Waals surface area contributed by atoms with Crippen LogP contribution in [-0.2, 0) is 0 Å². The topological polar surface area (TPSA) is 57.3 Å². The molecule has 4 rings (SSSR count). The summed E-state index contributed by atoms with van der Waals surface area (Å²) in [5, 5.41) is 6.52. The molecular weight excluding hydrogens is 252 g/mol. The predicted octanol–water partition coefficient (Wildman–Crippen LogP) is 0.914. The Bertz CT molecular complexity index is 511. The van der Waals surface area contributed by atoms with Crippen LogP contribution in [0.2, 0.25) is 0 Å². The van der Waals surface area contributed by atoms with Crippen LogP contribution in [-0.4, -0.2) is 42.1 Å². The van der Waals surface area contributed by atoms with Crippen molar-refractivity contribution in [3.05, 3.63) is 24.0 Å². The number of aromatic nitrogens is 1. The Kier molecular flexibility index (Phi) is 2.88. The zero-order valence-corrected chi connectivity index (χ0v) is 11.5. The summed E-state index contributed by atoms with van der Waals surface area (Å²) < 4.78 is 0. The molecule has 1 saturated heterocycles. The summed E-state index contributed by atoms with van der Waals surface area (Å²) in [7, 11) is 0. The minimum absolute atomic E-state index is 0.0409. The van der Waals surface area contributed by atoms with Crippen LogP contribution in [0.15, 0.2) is 18.3 Å². The Morgan fingerprint density at radius 1 is 1.30 bits per heavy atom. The minimum Gasteiger partial charge on any atom is -0.364 e. The zero-order valence-electron chi connectivity index (χ0n) is 11.5. The van der Waals surface area contributed by atoms with Gasteiger partial charge in [-0.15, -0.1) is 0 Å². The molecule has 2 saturated carbocycles. The summed E-state index contributed by atoms with van der Waals surface area (Å²) in [5.41, 5.74) is 1.67. The second-order valence-corrected chi connectivity index (χ2v) is 6.05. The van der Waals surface area contributed by atoms with E-state index in [1.807, 2.05) is 18.3 Å². The molecule has 2 unspecified atom stereocenters. The number of hydrogen-bond donors (Lipinski definition) is 2. The normalized spacial score (nSPS) is 28.5. The number of rotatable bonds is 3. The van der Waals surface area contributed by atoms with Crippen LogP contribution in [0, 0.1) is 0 Å². The van der Waals surface area contributed by atoms with Crippen molar-refractivity contribution in [3.8, 4) is 0 Å². The SMILES string of the molecule is O=C(NC1CC1)c1ccc(N2CCNC3CCC32)cn1. The summed E-state index contributed by atoms with van der Waals surface area (Å²) in [5.74, 6) is -0.0409. The summed E-state index contributed by atoms with van der Waals surface area (Å²) in [6.07, 6.45) is 6.59. The quantitative estimate of drug-likeness (QED) is 0.859. The van der Waals surface area contributed by atoms with E-state index in [0.717, 1.165) is 31.6 Å². The number of pyridine rings is 1. The minimum atomic E-state index is -0.0409. The maximum atomic E-state index is 11.9. The molecule has 1 amide bonds. The first-order valence-corrected chi connectivity index (χ1v) is 7.58. The van der Waals surface area contributed by atoms with Gasteiger partial charge in [0.05, 0.1) is 11.9 Å². The number of nitrogens with one attached hydrogen (secondary N) is 2. The lowest BCUT2D eigenvalue weighted by Crippen LogP contribution is -2.63. The summed E-state index contributed by atoms with van der Waals surface area (Å²) in [4.78, 5) is 18.7. The lowest BCUT2D eigenvalue weighted by molar-refractivity contribution is 0.0946. The van der Waals surface area contributed by atoms with E-state index in [-0.39, 0.29) is 5.91 Å². The van der Waals surface area contributed by atoms with Crippen LogP contribution < -0.4 is 15.5 Å². The molecule has 0 bridgehead atoms. The van der Waals surface area contributed by atoms with Crippen LogP contribution in [0.25, 0.3) is 0 Å². The molecule has 2 N–H and O–H groups in total. The van der Waals surface area contributed by atoms with Crippen LogP contribution in [0.5, 0.6) is 0 Å². The van der Waals surface area contributed by atoms with Crippen molar-refractivity contribution in [1.82, 2.24) is 15.6 Å². The van der Waals surface area contributed by atoms with Crippen molar-refractivity contribution >= 4 is 11.6 Å². The Morgan fingerprint density at radius 3 is 2.85 bits per heavy atom. The van der Waals surface area contributed by atoms with Crippen molar-refractivity contribution in [2.75, 3.05) is 18.0 Å². The Labute approximate surface area is 118 Å². The van der Waals surface area contributed by atoms with Crippen molar-refractivity contribution in [3.63, 3.8) is 0 Å². The van der Waals surface area contributed by atoms with E-state index in [0.29, 0.717) is 23.8 Å². The first-order valence-electron chi connectivity index (χ1n) is 7.58. The van der Waals surface area contributed by atoms with Gasteiger partial charge < -0.3 is 15.5 Å². The number of carbonyl (C=O) groups is 1. The molecule has 1 aromatic heterocycles. The van der Waals surface area contributed by atoms with Gasteiger partial charge in [0.1, 0.15) is 5.69 Å². The van der Waals surface area contributed by atoms with Crippen LogP contribution >= 0.6 is 0 Å². The van der Waals surface area contributed by atoms with Gasteiger partial charge in [-0.3, -0.25) is 4.79 Å². The van der Waals surface area contributed by atoms with Crippen molar-refractivity contribution in [1.29, 1.82) is 0 Å². The largest absolute Gasteiger partial charge is 0.364 e. The third kappa shape index (κ3) is 2.16. The lowest BCUT2D eigenvalue weighted by Gasteiger charge is -2.49. The van der Waals surface area contributed by atoms with E-state index in [1.165, 1.54) is 12.8 Å². The highest BCUT2D eigenvalue weighted by Gasteiger charge is 2.38. The number of anilines is 1. The number of fused-ring (bicyclic) bond motifs is 1. The number of piperazine rings is 1. The van der Waals surface area contributed by atoms with Gasteiger partial charge in [0.25, 0.3) is 5.91 Å². The van der Waals surface area contributed by atoms with Crippen molar-refractivity contribution < 1.29 is 4.79 Å². The fraction of sp³-hybridized carbons (Fsp3) is 0.600. The molecule has 106 valence electrons. The molecule has 3 fully saturated rings. The van der Waals surface area contributed by atoms with E-state index >= 15 is 0 Å². The van der Waals surface area contributed by atoms with E-state index < -0.39 is 0 Å². The monoisotopic (exact) mass is 272 g/mol. The van der Waals surface area contributed by atoms with Gasteiger partial charge in [-0.2, -0.15) is 0 Å². The molecule has 5 nitrogen and oxygen atoms in total. The molecule has 0 radical (unpaired) electrons. The van der Waals surface area contributed by atoms with E-state index in [1.54, 1.807) is 0 Å². The standard InChI is InChI=1S/C15H20N4O/c20-15(18-10-1-2-10)13-4-3-11(9-17-13)19-8-7-16-12-5-6-14(12)19/h3-4,9-10,12,14,16H,1-2,5-8H2,(H,18,20). The number of amides is 1. The highest BCUT2D eigenvalue weighted by molar-refractivity contribution is 5.92. The number of carbonyl (C=O) groups excluding carboxylic acids is 1. The van der Waals surface area contributed by atoms with Crippen LogP contribution in [0.4, 0.5) is 5.69 Å². The Hall–Kier alpha value is -1.62. The maximum Gasteiger partial charge on any atom is 0.270 e. The fourth-order valence-electron chi connectivity index (χ4n) is 3.13. The molecule has 1 aromatic rings. The first kappa shape index (κ1) is 12.1. The van der Waals surface area contributed by atoms with Gasteiger partial charge in [-0.05, 0) is 37.8 Å². The second-order valence-electron chi connectivity index (χ2n) is 6.05. The summed E-state index contributed by atoms with van der Waals surface area (Å²) in [6.45, 7) is 2.06. The van der Waals surface area contributed by atoms with Crippen molar-refractivity contribution in [2.24, 2.45) is 0 Å². The average Bonchev–Trinajstić information content (AvgIpc) is 3.24. The average molecular weight is 272 g/mol. The smallest absolute Gasteiger partial charge is 0.270 e. The Balaban J connectivity index is 1.47. The molecule has 2 aliphatic carbocycles. The Morgan fingerprint density at radius 2 is 2.20 bits per heavy atom. The lowest BCUT2D eigenvalue weighted by atomic mass is 9.83. The zero-order chi connectivity index (χ0) is 13.5. The highest BCUT2D eigenvalue weighted by atomic mass is 16.2. The third-order valence-electron chi connectivity index (χ3n) is 4.62. The van der Waals surface area contributed by atoms with Gasteiger partial charge in [0.2, 0.25) is 0 Å². The van der Waals surface area contributed by atoms with Crippen molar-refractivity contribution in [2.45, 2.75) is 43.8 Å². The van der Waals surface area contributed by atoms with Crippen LogP contribution in [0.1, 0.15) is 36.2 Å². The molecular formula is C15H20N4O. The number of nitrogens with zero attached hydrogens (tertiary/aromatic N) is 2. The van der Waals surface area contributed by atoms with E-state index in [9.17, 15) is 4.79 Å². The van der Waals surface area contributed by atoms with Gasteiger partial charge in [-0.1, -0.05) is 0 Å². The molecule has 1 aliphatic heterocycles. The molecule has 0 aromatic carbocycles. The molecule has 0 spiro atoms. The highest BCUT2D eigenvalue weighted by Crippen LogP contribution is 2.31. The third-order valence-corrected chi connectivity index (χ3v) is 4.62. The van der Waals surface area contributed by atoms with Gasteiger partial charge in [0.15, 0.2) is 0 Å². The van der Waals surface area contributed by atoms with Gasteiger partial charge in [-0.25, -0.2) is 4.98 Å². The first-order chi connectivity index (χ1) is 9.81. The fourth-order valence-corrected chi connectivity index (χ4v) is 3.13. The molecule has 2 atom stereocenters. The summed E-state index contributed by atoms with van der Waals surface area (Å²) in [6, 6.07) is 5.52. The van der Waals surface area contributed by atoms with E-state index in [2.05, 4.69) is 20.5 Å². The summed E-state index contributed by atoms with van der Waals surface area (Å²) >= 11 is 0.